The molecule has 0 spiro atoms. The molecule has 1 heterocycles. The number of rotatable bonds is 4. The van der Waals surface area contributed by atoms with E-state index in [-0.39, 0.29) is 5.82 Å². The van der Waals surface area contributed by atoms with Crippen LogP contribution in [0.3, 0.4) is 0 Å². The highest BCUT2D eigenvalue weighted by molar-refractivity contribution is 5.39. The number of nitrogens with two attached hydrogens (primary N) is 1. The fourth-order valence-electron chi connectivity index (χ4n) is 0.843. The number of halogens is 1. The molecule has 0 fully saturated rings. The van der Waals surface area contributed by atoms with Crippen LogP contribution in [-0.4, -0.2) is 18.1 Å². The van der Waals surface area contributed by atoms with E-state index in [4.69, 9.17) is 5.73 Å². The molecule has 0 unspecified atom stereocenters. The van der Waals surface area contributed by atoms with Crippen molar-refractivity contribution in [2.45, 2.75) is 6.42 Å². The van der Waals surface area contributed by atoms with Crippen molar-refractivity contribution in [3.63, 3.8) is 0 Å². The van der Waals surface area contributed by atoms with E-state index in [0.29, 0.717) is 12.2 Å². The Balaban J connectivity index is 2.41. The van der Waals surface area contributed by atoms with Gasteiger partial charge < -0.3 is 11.1 Å². The van der Waals surface area contributed by atoms with Gasteiger partial charge in [-0.2, -0.15) is 0 Å². The zero-order valence-electron chi connectivity index (χ0n) is 6.76. The van der Waals surface area contributed by atoms with Crippen molar-refractivity contribution >= 4 is 5.69 Å². The highest BCUT2D eigenvalue weighted by atomic mass is 19.1. The summed E-state index contributed by atoms with van der Waals surface area (Å²) < 4.78 is 12.5. The maximum Gasteiger partial charge on any atom is 0.143 e. The Hall–Kier alpha value is -1.16. The van der Waals surface area contributed by atoms with E-state index < -0.39 is 0 Å². The molecule has 66 valence electrons. The minimum atomic E-state index is -0.326. The third kappa shape index (κ3) is 2.84. The molecule has 0 saturated carbocycles. The Kier molecular flexibility index (Phi) is 3.47. The predicted octanol–water partition coefficient (Wildman–Crippen LogP) is 0.981. The molecule has 3 N–H and O–H groups in total. The summed E-state index contributed by atoms with van der Waals surface area (Å²) in [6.07, 6.45) is 3.63. The molecule has 1 aromatic rings. The van der Waals surface area contributed by atoms with Gasteiger partial charge in [0, 0.05) is 12.6 Å². The summed E-state index contributed by atoms with van der Waals surface area (Å²) in [6.45, 7) is 1.39. The van der Waals surface area contributed by atoms with E-state index in [1.165, 1.54) is 12.3 Å². The maximum absolute atomic E-state index is 12.5. The molecule has 0 aliphatic heterocycles. The first-order chi connectivity index (χ1) is 5.83. The second kappa shape index (κ2) is 4.66. The largest absolute Gasteiger partial charge is 0.384 e. The fourth-order valence-corrected chi connectivity index (χ4v) is 0.843. The first-order valence-corrected chi connectivity index (χ1v) is 3.87. The smallest absolute Gasteiger partial charge is 0.143 e. The normalized spacial score (nSPS) is 9.83. The van der Waals surface area contributed by atoms with Crippen LogP contribution in [0.5, 0.6) is 0 Å². The summed E-state index contributed by atoms with van der Waals surface area (Å²) in [5.41, 5.74) is 5.99. The zero-order valence-corrected chi connectivity index (χ0v) is 6.76. The monoisotopic (exact) mass is 169 g/mol. The standard InChI is InChI=1S/C8H12FN3/c9-7-4-8(6-11-5-7)12-3-1-2-10/h4-6,12H,1-3,10H2. The molecule has 0 aliphatic rings. The molecular formula is C8H12FN3. The summed E-state index contributed by atoms with van der Waals surface area (Å²) >= 11 is 0. The number of aromatic nitrogens is 1. The molecule has 1 rings (SSSR count). The number of pyridine rings is 1. The van der Waals surface area contributed by atoms with Crippen molar-refractivity contribution in [3.05, 3.63) is 24.3 Å². The molecule has 0 aromatic carbocycles. The van der Waals surface area contributed by atoms with Crippen LogP contribution >= 0.6 is 0 Å². The van der Waals surface area contributed by atoms with E-state index >= 15 is 0 Å². The van der Waals surface area contributed by atoms with Crippen molar-refractivity contribution in [1.82, 2.24) is 4.98 Å². The maximum atomic E-state index is 12.5. The lowest BCUT2D eigenvalue weighted by Gasteiger charge is -2.03. The van der Waals surface area contributed by atoms with Gasteiger partial charge in [0.25, 0.3) is 0 Å². The minimum Gasteiger partial charge on any atom is -0.384 e. The number of anilines is 1. The minimum absolute atomic E-state index is 0.326. The SMILES string of the molecule is NCCCNc1cncc(F)c1. The Labute approximate surface area is 70.8 Å². The number of hydrogen-bond donors (Lipinski definition) is 2. The van der Waals surface area contributed by atoms with Gasteiger partial charge in [0.15, 0.2) is 0 Å². The Morgan fingerprint density at radius 1 is 1.50 bits per heavy atom. The molecule has 0 amide bonds. The summed E-state index contributed by atoms with van der Waals surface area (Å²) in [5.74, 6) is -0.326. The summed E-state index contributed by atoms with van der Waals surface area (Å²) in [4.78, 5) is 3.69. The molecular weight excluding hydrogens is 157 g/mol. The van der Waals surface area contributed by atoms with E-state index in [9.17, 15) is 4.39 Å². The molecule has 12 heavy (non-hydrogen) atoms. The van der Waals surface area contributed by atoms with Crippen LogP contribution in [0.2, 0.25) is 0 Å². The molecule has 0 atom stereocenters. The van der Waals surface area contributed by atoms with Crippen LogP contribution in [0.4, 0.5) is 10.1 Å². The average Bonchev–Trinajstić information content (AvgIpc) is 2.05. The van der Waals surface area contributed by atoms with Crippen LogP contribution in [0, 0.1) is 5.82 Å². The quantitative estimate of drug-likeness (QED) is 0.660. The number of nitrogens with zero attached hydrogens (tertiary/aromatic N) is 1. The van der Waals surface area contributed by atoms with E-state index in [1.54, 1.807) is 6.20 Å². The second-order valence-corrected chi connectivity index (χ2v) is 2.46. The van der Waals surface area contributed by atoms with E-state index in [1.807, 2.05) is 0 Å². The van der Waals surface area contributed by atoms with Crippen molar-refractivity contribution in [2.24, 2.45) is 5.73 Å². The van der Waals surface area contributed by atoms with Crippen LogP contribution in [0.1, 0.15) is 6.42 Å². The first-order valence-electron chi connectivity index (χ1n) is 3.87. The Bertz CT molecular complexity index is 239. The van der Waals surface area contributed by atoms with Gasteiger partial charge in [0.2, 0.25) is 0 Å². The zero-order chi connectivity index (χ0) is 8.81. The molecule has 4 heteroatoms. The summed E-state index contributed by atoms with van der Waals surface area (Å²) in [6, 6.07) is 1.41. The molecule has 1 aromatic heterocycles. The molecule has 3 nitrogen and oxygen atoms in total. The molecule has 0 radical (unpaired) electrons. The van der Waals surface area contributed by atoms with Crippen molar-refractivity contribution in [2.75, 3.05) is 18.4 Å². The van der Waals surface area contributed by atoms with Crippen LogP contribution < -0.4 is 11.1 Å². The molecule has 0 saturated heterocycles. The van der Waals surface area contributed by atoms with Crippen LogP contribution in [0.15, 0.2) is 18.5 Å². The lowest BCUT2D eigenvalue weighted by molar-refractivity contribution is 0.622. The van der Waals surface area contributed by atoms with E-state index in [2.05, 4.69) is 10.3 Å². The van der Waals surface area contributed by atoms with Crippen molar-refractivity contribution in [3.8, 4) is 0 Å². The van der Waals surface area contributed by atoms with Gasteiger partial charge in [-0.1, -0.05) is 0 Å². The molecule has 0 bridgehead atoms. The number of nitrogens with one attached hydrogen (secondary N) is 1. The van der Waals surface area contributed by atoms with Gasteiger partial charge in [-0.15, -0.1) is 0 Å². The lowest BCUT2D eigenvalue weighted by atomic mass is 10.3. The van der Waals surface area contributed by atoms with Crippen molar-refractivity contribution in [1.29, 1.82) is 0 Å². The van der Waals surface area contributed by atoms with Crippen LogP contribution in [0.25, 0.3) is 0 Å². The van der Waals surface area contributed by atoms with Gasteiger partial charge in [-0.3, -0.25) is 4.98 Å². The highest BCUT2D eigenvalue weighted by Crippen LogP contribution is 2.05. The third-order valence-electron chi connectivity index (χ3n) is 1.41. The molecule has 0 aliphatic carbocycles. The van der Waals surface area contributed by atoms with Crippen LogP contribution in [-0.2, 0) is 0 Å². The van der Waals surface area contributed by atoms with Crippen molar-refractivity contribution < 1.29 is 4.39 Å². The average molecular weight is 169 g/mol. The topological polar surface area (TPSA) is 50.9 Å². The van der Waals surface area contributed by atoms with E-state index in [0.717, 1.165) is 13.0 Å². The van der Waals surface area contributed by atoms with Gasteiger partial charge in [-0.25, -0.2) is 4.39 Å². The van der Waals surface area contributed by atoms with Gasteiger partial charge >= 0.3 is 0 Å². The van der Waals surface area contributed by atoms with Gasteiger partial charge in [-0.05, 0) is 13.0 Å². The highest BCUT2D eigenvalue weighted by Gasteiger charge is 1.93. The summed E-state index contributed by atoms with van der Waals surface area (Å²) in [7, 11) is 0. The second-order valence-electron chi connectivity index (χ2n) is 2.46. The Morgan fingerprint density at radius 2 is 2.33 bits per heavy atom. The van der Waals surface area contributed by atoms with Gasteiger partial charge in [0.1, 0.15) is 5.82 Å². The van der Waals surface area contributed by atoms with Gasteiger partial charge in [0.05, 0.1) is 18.1 Å². The third-order valence-corrected chi connectivity index (χ3v) is 1.41. The number of hydrogen-bond acceptors (Lipinski definition) is 3. The lowest BCUT2D eigenvalue weighted by Crippen LogP contribution is -2.08. The summed E-state index contributed by atoms with van der Waals surface area (Å²) in [5, 5.41) is 3.00. The predicted molar refractivity (Wildman–Crippen MR) is 46.4 cm³/mol. The first kappa shape index (κ1) is 8.93. The Morgan fingerprint density at radius 3 is 3.00 bits per heavy atom. The fraction of sp³-hybridized carbons (Fsp3) is 0.375.